The Labute approximate surface area is 105 Å². The molecule has 3 heteroatoms. The van der Waals surface area contributed by atoms with Crippen molar-refractivity contribution in [2.45, 2.75) is 77.2 Å². The highest BCUT2D eigenvalue weighted by atomic mass is 28.4. The highest BCUT2D eigenvalue weighted by molar-refractivity contribution is 7.01. The van der Waals surface area contributed by atoms with Crippen molar-refractivity contribution in [2.75, 3.05) is 0 Å². The van der Waals surface area contributed by atoms with Crippen LogP contribution in [0.15, 0.2) is 4.99 Å². The second-order valence-electron chi connectivity index (χ2n) is 8.13. The molecule has 0 saturated carbocycles. The molecular formula is C13H31NSi2. The Balaban J connectivity index is 5.39. The molecule has 0 spiro atoms. The van der Waals surface area contributed by atoms with E-state index in [1.165, 1.54) is 0 Å². The molecule has 0 heterocycles. The molecule has 0 aliphatic rings. The van der Waals surface area contributed by atoms with Crippen molar-refractivity contribution in [3.05, 3.63) is 0 Å². The van der Waals surface area contributed by atoms with E-state index in [0.29, 0.717) is 4.66 Å². The van der Waals surface area contributed by atoms with E-state index in [9.17, 15) is 0 Å². The Hall–Kier alpha value is 0.104. The van der Waals surface area contributed by atoms with Gasteiger partial charge in [-0.15, -0.1) is 0 Å². The van der Waals surface area contributed by atoms with Gasteiger partial charge >= 0.3 is 0 Å². The molecule has 0 saturated heterocycles. The molecule has 96 valence electrons. The summed E-state index contributed by atoms with van der Waals surface area (Å²) >= 11 is 0. The zero-order chi connectivity index (χ0) is 13.4. The summed E-state index contributed by atoms with van der Waals surface area (Å²) in [6.07, 6.45) is 2.31. The Kier molecular flexibility index (Phi) is 4.44. The van der Waals surface area contributed by atoms with Crippen molar-refractivity contribution in [3.8, 4) is 0 Å². The molecule has 16 heavy (non-hydrogen) atoms. The monoisotopic (exact) mass is 257 g/mol. The Bertz CT molecular complexity index is 247. The molecule has 0 radical (unpaired) electrons. The summed E-state index contributed by atoms with van der Waals surface area (Å²) in [5.41, 5.74) is 0.0561. The first-order valence-corrected chi connectivity index (χ1v) is 13.3. The van der Waals surface area contributed by atoms with Crippen LogP contribution in [0.1, 0.15) is 27.7 Å². The van der Waals surface area contributed by atoms with Crippen molar-refractivity contribution in [1.82, 2.24) is 0 Å². The van der Waals surface area contributed by atoms with Gasteiger partial charge < -0.3 is 0 Å². The van der Waals surface area contributed by atoms with Crippen LogP contribution in [0.3, 0.4) is 0 Å². The van der Waals surface area contributed by atoms with Gasteiger partial charge in [0.1, 0.15) is 0 Å². The van der Waals surface area contributed by atoms with E-state index in [2.05, 4.69) is 73.2 Å². The normalized spacial score (nSPS) is 15.9. The quantitative estimate of drug-likeness (QED) is 0.507. The van der Waals surface area contributed by atoms with E-state index in [1.54, 1.807) is 0 Å². The van der Waals surface area contributed by atoms with Crippen LogP contribution in [-0.4, -0.2) is 27.9 Å². The molecule has 0 aromatic carbocycles. The van der Waals surface area contributed by atoms with Crippen LogP contribution >= 0.6 is 0 Å². The van der Waals surface area contributed by atoms with Crippen LogP contribution in [0.2, 0.25) is 43.9 Å². The molecule has 0 aliphatic heterocycles. The zero-order valence-corrected chi connectivity index (χ0v) is 15.0. The molecule has 1 nitrogen and oxygen atoms in total. The van der Waals surface area contributed by atoms with E-state index in [1.807, 2.05) is 0 Å². The Morgan fingerprint density at radius 3 is 1.25 bits per heavy atom. The molecule has 0 aromatic heterocycles. The number of hydrogen-bond acceptors (Lipinski definition) is 1. The summed E-state index contributed by atoms with van der Waals surface area (Å²) < 4.78 is 0.368. The van der Waals surface area contributed by atoms with Gasteiger partial charge in [-0.1, -0.05) is 46.2 Å². The molecule has 0 amide bonds. The second kappa shape index (κ2) is 4.41. The Morgan fingerprint density at radius 2 is 1.06 bits per heavy atom. The maximum absolute atomic E-state index is 4.81. The summed E-state index contributed by atoms with van der Waals surface area (Å²) in [6, 6.07) is 0. The van der Waals surface area contributed by atoms with Gasteiger partial charge in [-0.25, -0.2) is 0 Å². The van der Waals surface area contributed by atoms with Crippen molar-refractivity contribution < 1.29 is 0 Å². The highest BCUT2D eigenvalue weighted by Crippen LogP contribution is 2.44. The maximum Gasteiger partial charge on any atom is 0.0536 e. The van der Waals surface area contributed by atoms with E-state index < -0.39 is 16.1 Å². The minimum Gasteiger partial charge on any atom is -0.292 e. The molecule has 0 aliphatic carbocycles. The average Bonchev–Trinajstić information content (AvgIpc) is 1.93. The van der Waals surface area contributed by atoms with Crippen LogP contribution < -0.4 is 0 Å². The minimum absolute atomic E-state index is 0.0561. The first-order chi connectivity index (χ1) is 6.71. The fraction of sp³-hybridized carbons (Fsp3) is 0.923. The van der Waals surface area contributed by atoms with Gasteiger partial charge in [0.25, 0.3) is 0 Å². The fourth-order valence-corrected chi connectivity index (χ4v) is 11.7. The number of rotatable bonds is 3. The van der Waals surface area contributed by atoms with Crippen LogP contribution in [0.4, 0.5) is 0 Å². The summed E-state index contributed by atoms with van der Waals surface area (Å²) in [6.45, 7) is 23.8. The zero-order valence-electron chi connectivity index (χ0n) is 13.0. The average molecular weight is 258 g/mol. The maximum atomic E-state index is 4.81. The van der Waals surface area contributed by atoms with E-state index >= 15 is 0 Å². The topological polar surface area (TPSA) is 12.4 Å². The summed E-state index contributed by atoms with van der Waals surface area (Å²) in [5, 5.41) is 0. The molecule has 0 bridgehead atoms. The Morgan fingerprint density at radius 1 is 0.750 bits per heavy atom. The molecule has 0 aromatic rings. The third kappa shape index (κ3) is 3.84. The number of nitrogens with zero attached hydrogens (tertiary/aromatic N) is 1. The molecule has 0 atom stereocenters. The number of aliphatic imine (C=N–C) groups is 1. The summed E-state index contributed by atoms with van der Waals surface area (Å²) in [5.74, 6) is 0. The van der Waals surface area contributed by atoms with Crippen LogP contribution in [0.25, 0.3) is 0 Å². The second-order valence-corrected chi connectivity index (χ2v) is 19.7. The van der Waals surface area contributed by atoms with Gasteiger partial charge in [0.05, 0.1) is 21.7 Å². The largest absolute Gasteiger partial charge is 0.292 e. The molecule has 0 rings (SSSR count). The van der Waals surface area contributed by atoms with Crippen LogP contribution in [0.5, 0.6) is 0 Å². The van der Waals surface area contributed by atoms with E-state index in [-0.39, 0.29) is 5.54 Å². The van der Waals surface area contributed by atoms with Gasteiger partial charge in [0.15, 0.2) is 0 Å². The highest BCUT2D eigenvalue weighted by Gasteiger charge is 2.47. The van der Waals surface area contributed by atoms with Gasteiger partial charge in [0.2, 0.25) is 0 Å². The van der Waals surface area contributed by atoms with Crippen molar-refractivity contribution >= 4 is 22.4 Å². The lowest BCUT2D eigenvalue weighted by atomic mass is 10.1. The summed E-state index contributed by atoms with van der Waals surface area (Å²) in [4.78, 5) is 4.81. The molecule has 0 N–H and O–H groups in total. The first-order valence-electron chi connectivity index (χ1n) is 6.27. The van der Waals surface area contributed by atoms with Gasteiger partial charge in [0, 0.05) is 0 Å². The van der Waals surface area contributed by atoms with Gasteiger partial charge in [-0.05, 0) is 31.6 Å². The molecule has 0 fully saturated rings. The predicted octanol–water partition coefficient (Wildman–Crippen LogP) is 4.83. The predicted molar refractivity (Wildman–Crippen MR) is 83.3 cm³/mol. The summed E-state index contributed by atoms with van der Waals surface area (Å²) in [7, 11) is -2.47. The lowest BCUT2D eigenvalue weighted by molar-refractivity contribution is 0.584. The lowest BCUT2D eigenvalue weighted by Gasteiger charge is -2.47. The lowest BCUT2D eigenvalue weighted by Crippen LogP contribution is -2.54. The fourth-order valence-electron chi connectivity index (χ4n) is 1.84. The van der Waals surface area contributed by atoms with E-state index in [0.717, 1.165) is 0 Å². The SMILES string of the molecule is CC(C)(C)N=CC(C)([Si](C)(C)C)[Si](C)(C)C. The van der Waals surface area contributed by atoms with E-state index in [4.69, 9.17) is 4.99 Å². The third-order valence-electron chi connectivity index (χ3n) is 3.83. The number of hydrogen-bond donors (Lipinski definition) is 0. The third-order valence-corrected chi connectivity index (χ3v) is 14.8. The smallest absolute Gasteiger partial charge is 0.0536 e. The standard InChI is InChI=1S/C13H31NSi2/c1-12(2,3)14-11-13(4,15(5,6)7)16(8,9)10/h11H,1-10H3. The molecular weight excluding hydrogens is 226 g/mol. The minimum atomic E-state index is -1.23. The van der Waals surface area contributed by atoms with Crippen molar-refractivity contribution in [1.29, 1.82) is 0 Å². The van der Waals surface area contributed by atoms with Gasteiger partial charge in [-0.2, -0.15) is 0 Å². The van der Waals surface area contributed by atoms with Crippen LogP contribution in [-0.2, 0) is 0 Å². The first kappa shape index (κ1) is 16.1. The van der Waals surface area contributed by atoms with Crippen molar-refractivity contribution in [2.24, 2.45) is 4.99 Å². The van der Waals surface area contributed by atoms with Crippen LogP contribution in [0, 0.1) is 0 Å². The van der Waals surface area contributed by atoms with Crippen molar-refractivity contribution in [3.63, 3.8) is 0 Å². The van der Waals surface area contributed by atoms with Gasteiger partial charge in [-0.3, -0.25) is 4.99 Å². The molecule has 0 unspecified atom stereocenters.